The SMILES string of the molecule is CC(CCl)CNCc1cncc(F)c1. The molecular weight excluding hydrogens is 203 g/mol. The maximum absolute atomic E-state index is 12.7. The summed E-state index contributed by atoms with van der Waals surface area (Å²) < 4.78 is 12.7. The topological polar surface area (TPSA) is 24.9 Å². The van der Waals surface area contributed by atoms with Crippen LogP contribution in [-0.4, -0.2) is 17.4 Å². The van der Waals surface area contributed by atoms with Gasteiger partial charge < -0.3 is 5.32 Å². The molecular formula is C10H14ClFN2. The van der Waals surface area contributed by atoms with E-state index in [9.17, 15) is 4.39 Å². The fraction of sp³-hybridized carbons (Fsp3) is 0.500. The maximum atomic E-state index is 12.7. The number of alkyl halides is 1. The molecule has 1 atom stereocenters. The van der Waals surface area contributed by atoms with Crippen LogP contribution in [0.1, 0.15) is 12.5 Å². The van der Waals surface area contributed by atoms with Gasteiger partial charge in [-0.25, -0.2) is 4.39 Å². The summed E-state index contributed by atoms with van der Waals surface area (Å²) in [4.78, 5) is 3.76. The molecule has 2 nitrogen and oxygen atoms in total. The Balaban J connectivity index is 2.31. The molecule has 1 rings (SSSR count). The molecule has 0 aliphatic carbocycles. The lowest BCUT2D eigenvalue weighted by Gasteiger charge is -2.08. The van der Waals surface area contributed by atoms with E-state index in [1.54, 1.807) is 6.20 Å². The molecule has 0 bridgehead atoms. The molecule has 0 amide bonds. The summed E-state index contributed by atoms with van der Waals surface area (Å²) >= 11 is 5.65. The Morgan fingerprint density at radius 1 is 1.57 bits per heavy atom. The van der Waals surface area contributed by atoms with Crippen molar-refractivity contribution in [3.05, 3.63) is 29.8 Å². The number of hydrogen-bond donors (Lipinski definition) is 1. The molecule has 0 saturated carbocycles. The third kappa shape index (κ3) is 4.03. The Morgan fingerprint density at radius 3 is 3.00 bits per heavy atom. The summed E-state index contributed by atoms with van der Waals surface area (Å²) in [6.07, 6.45) is 2.85. The first kappa shape index (κ1) is 11.4. The zero-order chi connectivity index (χ0) is 10.4. The smallest absolute Gasteiger partial charge is 0.141 e. The van der Waals surface area contributed by atoms with Crippen LogP contribution < -0.4 is 5.32 Å². The van der Waals surface area contributed by atoms with Gasteiger partial charge in [0.25, 0.3) is 0 Å². The first-order valence-electron chi connectivity index (χ1n) is 4.58. The van der Waals surface area contributed by atoms with Crippen LogP contribution in [0.5, 0.6) is 0 Å². The number of aromatic nitrogens is 1. The molecule has 78 valence electrons. The first-order chi connectivity index (χ1) is 6.72. The van der Waals surface area contributed by atoms with Crippen molar-refractivity contribution in [1.82, 2.24) is 10.3 Å². The highest BCUT2D eigenvalue weighted by molar-refractivity contribution is 6.18. The number of nitrogens with one attached hydrogen (secondary N) is 1. The minimum Gasteiger partial charge on any atom is -0.312 e. The lowest BCUT2D eigenvalue weighted by molar-refractivity contribution is 0.553. The number of rotatable bonds is 5. The molecule has 0 aromatic carbocycles. The normalized spacial score (nSPS) is 12.8. The van der Waals surface area contributed by atoms with Gasteiger partial charge >= 0.3 is 0 Å². The summed E-state index contributed by atoms with van der Waals surface area (Å²) in [7, 11) is 0. The van der Waals surface area contributed by atoms with Gasteiger partial charge in [0.15, 0.2) is 0 Å². The Bertz CT molecular complexity index is 281. The predicted octanol–water partition coefficient (Wildman–Crippen LogP) is 2.19. The van der Waals surface area contributed by atoms with Gasteiger partial charge in [-0.1, -0.05) is 6.92 Å². The Hall–Kier alpha value is -0.670. The molecule has 0 fully saturated rings. The van der Waals surface area contributed by atoms with E-state index in [4.69, 9.17) is 11.6 Å². The first-order valence-corrected chi connectivity index (χ1v) is 5.12. The van der Waals surface area contributed by atoms with E-state index >= 15 is 0 Å². The van der Waals surface area contributed by atoms with E-state index in [0.717, 1.165) is 12.1 Å². The van der Waals surface area contributed by atoms with Gasteiger partial charge in [-0.2, -0.15) is 0 Å². The molecule has 14 heavy (non-hydrogen) atoms. The zero-order valence-electron chi connectivity index (χ0n) is 8.13. The summed E-state index contributed by atoms with van der Waals surface area (Å²) in [5, 5.41) is 3.19. The van der Waals surface area contributed by atoms with Gasteiger partial charge in [-0.3, -0.25) is 4.98 Å². The molecule has 0 spiro atoms. The van der Waals surface area contributed by atoms with Gasteiger partial charge in [0, 0.05) is 18.6 Å². The molecule has 1 unspecified atom stereocenters. The minimum absolute atomic E-state index is 0.297. The predicted molar refractivity (Wildman–Crippen MR) is 55.8 cm³/mol. The number of pyridine rings is 1. The van der Waals surface area contributed by atoms with Crippen LogP contribution in [0.15, 0.2) is 18.5 Å². The van der Waals surface area contributed by atoms with Crippen molar-refractivity contribution in [3.63, 3.8) is 0 Å². The van der Waals surface area contributed by atoms with E-state index in [1.165, 1.54) is 12.3 Å². The highest BCUT2D eigenvalue weighted by Gasteiger charge is 2.00. The summed E-state index contributed by atoms with van der Waals surface area (Å²) in [6.45, 7) is 3.52. The van der Waals surface area contributed by atoms with Gasteiger partial charge in [-0.15, -0.1) is 11.6 Å². The third-order valence-electron chi connectivity index (χ3n) is 1.85. The molecule has 1 aromatic rings. The highest BCUT2D eigenvalue weighted by atomic mass is 35.5. The fourth-order valence-corrected chi connectivity index (χ4v) is 1.18. The summed E-state index contributed by atoms with van der Waals surface area (Å²) in [5.74, 6) is 0.766. The average Bonchev–Trinajstić information content (AvgIpc) is 2.17. The van der Waals surface area contributed by atoms with E-state index in [1.807, 2.05) is 0 Å². The molecule has 0 saturated heterocycles. The van der Waals surface area contributed by atoms with Crippen molar-refractivity contribution < 1.29 is 4.39 Å². The van der Waals surface area contributed by atoms with Crippen LogP contribution in [0.25, 0.3) is 0 Å². The zero-order valence-corrected chi connectivity index (χ0v) is 8.89. The van der Waals surface area contributed by atoms with E-state index in [-0.39, 0.29) is 5.82 Å². The van der Waals surface area contributed by atoms with Crippen LogP contribution in [0.2, 0.25) is 0 Å². The van der Waals surface area contributed by atoms with E-state index in [2.05, 4.69) is 17.2 Å². The van der Waals surface area contributed by atoms with Crippen molar-refractivity contribution in [1.29, 1.82) is 0 Å². The number of hydrogen-bond acceptors (Lipinski definition) is 2. The minimum atomic E-state index is -0.297. The summed E-state index contributed by atoms with van der Waals surface area (Å²) in [6, 6.07) is 1.48. The molecule has 0 radical (unpaired) electrons. The standard InChI is InChI=1S/C10H14ClFN2/c1-8(3-11)4-13-5-9-2-10(12)7-14-6-9/h2,6-8,13H,3-5H2,1H3. The second-order valence-corrected chi connectivity index (χ2v) is 3.71. The quantitative estimate of drug-likeness (QED) is 0.764. The highest BCUT2D eigenvalue weighted by Crippen LogP contribution is 2.01. The Morgan fingerprint density at radius 2 is 2.36 bits per heavy atom. The lowest BCUT2D eigenvalue weighted by atomic mass is 10.2. The molecule has 0 aliphatic heterocycles. The summed E-state index contributed by atoms with van der Waals surface area (Å²) in [5.41, 5.74) is 0.853. The van der Waals surface area contributed by atoms with Crippen molar-refractivity contribution in [2.75, 3.05) is 12.4 Å². The van der Waals surface area contributed by atoms with Crippen molar-refractivity contribution in [3.8, 4) is 0 Å². The largest absolute Gasteiger partial charge is 0.312 e. The van der Waals surface area contributed by atoms with Gasteiger partial charge in [0.2, 0.25) is 0 Å². The van der Waals surface area contributed by atoms with E-state index < -0.39 is 0 Å². The average molecular weight is 217 g/mol. The molecule has 1 N–H and O–H groups in total. The second-order valence-electron chi connectivity index (χ2n) is 3.40. The molecule has 1 heterocycles. The van der Waals surface area contributed by atoms with Gasteiger partial charge in [0.1, 0.15) is 5.82 Å². The van der Waals surface area contributed by atoms with Gasteiger partial charge in [-0.05, 0) is 24.1 Å². The third-order valence-corrected chi connectivity index (χ3v) is 2.37. The number of halogens is 2. The van der Waals surface area contributed by atoms with Crippen LogP contribution in [0.4, 0.5) is 4.39 Å². The van der Waals surface area contributed by atoms with Crippen LogP contribution >= 0.6 is 11.6 Å². The van der Waals surface area contributed by atoms with E-state index in [0.29, 0.717) is 18.3 Å². The molecule has 4 heteroatoms. The monoisotopic (exact) mass is 216 g/mol. The Kier molecular flexibility index (Phi) is 4.84. The van der Waals surface area contributed by atoms with Crippen LogP contribution in [-0.2, 0) is 6.54 Å². The lowest BCUT2D eigenvalue weighted by Crippen LogP contribution is -2.21. The van der Waals surface area contributed by atoms with Gasteiger partial charge in [0.05, 0.1) is 6.20 Å². The van der Waals surface area contributed by atoms with Crippen LogP contribution in [0.3, 0.4) is 0 Å². The molecule has 1 aromatic heterocycles. The van der Waals surface area contributed by atoms with Crippen molar-refractivity contribution >= 4 is 11.6 Å². The van der Waals surface area contributed by atoms with Crippen molar-refractivity contribution in [2.24, 2.45) is 5.92 Å². The number of nitrogens with zero attached hydrogens (tertiary/aromatic N) is 1. The van der Waals surface area contributed by atoms with Crippen LogP contribution in [0, 0.1) is 11.7 Å². The second kappa shape index (κ2) is 5.94. The fourth-order valence-electron chi connectivity index (χ4n) is 1.07. The molecule has 0 aliphatic rings. The van der Waals surface area contributed by atoms with Crippen molar-refractivity contribution in [2.45, 2.75) is 13.5 Å². The maximum Gasteiger partial charge on any atom is 0.141 e. The Labute approximate surface area is 88.5 Å².